The maximum atomic E-state index is 12.7. The van der Waals surface area contributed by atoms with E-state index in [2.05, 4.69) is 0 Å². The van der Waals surface area contributed by atoms with E-state index in [0.717, 1.165) is 0 Å². The Morgan fingerprint density at radius 1 is 1.08 bits per heavy atom. The van der Waals surface area contributed by atoms with Crippen LogP contribution in [0, 0.1) is 0 Å². The van der Waals surface area contributed by atoms with Crippen LogP contribution >= 0.6 is 0 Å². The van der Waals surface area contributed by atoms with Gasteiger partial charge in [0.05, 0.1) is 25.9 Å². The number of ketones is 1. The van der Waals surface area contributed by atoms with Crippen molar-refractivity contribution in [3.8, 4) is 23.0 Å². The number of carbonyl (C=O) groups is 1. The summed E-state index contributed by atoms with van der Waals surface area (Å²) in [4.78, 5) is 12.7. The molecule has 0 spiro atoms. The Bertz CT molecular complexity index is 967. The number of phenolic OH excluding ortho intramolecular Hbond substituents is 2. The standard InChI is InChI=1S/C19H16O6/c1-23-17-12-9-10-25-18(12)19(24-2)16(22)15(17)14(21)8-7-11-5-3-4-6-13(11)20/h3-10,20,22H,1-2H3/b8-7+. The molecule has 1 heterocycles. The molecule has 0 aliphatic heterocycles. The molecule has 6 nitrogen and oxygen atoms in total. The van der Waals surface area contributed by atoms with Gasteiger partial charge in [-0.05, 0) is 24.3 Å². The number of hydrogen-bond acceptors (Lipinski definition) is 6. The average molecular weight is 340 g/mol. The van der Waals surface area contributed by atoms with Gasteiger partial charge in [-0.15, -0.1) is 0 Å². The number of fused-ring (bicyclic) bond motifs is 1. The topological polar surface area (TPSA) is 89.1 Å². The molecular weight excluding hydrogens is 324 g/mol. The second kappa shape index (κ2) is 6.60. The third-order valence-electron chi connectivity index (χ3n) is 3.80. The third kappa shape index (κ3) is 2.78. The predicted molar refractivity (Wildman–Crippen MR) is 92.5 cm³/mol. The smallest absolute Gasteiger partial charge is 0.205 e. The summed E-state index contributed by atoms with van der Waals surface area (Å²) in [5.41, 5.74) is 0.726. The first-order valence-electron chi connectivity index (χ1n) is 7.43. The summed E-state index contributed by atoms with van der Waals surface area (Å²) in [5.74, 6) is -0.576. The number of furan rings is 1. The summed E-state index contributed by atoms with van der Waals surface area (Å²) >= 11 is 0. The number of methoxy groups -OCH3 is 2. The number of aromatic hydroxyl groups is 2. The van der Waals surface area contributed by atoms with E-state index in [0.29, 0.717) is 10.9 Å². The SMILES string of the molecule is COc1c(C(=O)/C=C/c2ccccc2O)c(O)c(OC)c2occc12. The number of ether oxygens (including phenoxy) is 2. The molecule has 2 N–H and O–H groups in total. The highest BCUT2D eigenvalue weighted by molar-refractivity contribution is 6.15. The zero-order valence-corrected chi connectivity index (χ0v) is 13.6. The van der Waals surface area contributed by atoms with Crippen LogP contribution in [0.2, 0.25) is 0 Å². The van der Waals surface area contributed by atoms with Crippen molar-refractivity contribution in [1.29, 1.82) is 0 Å². The van der Waals surface area contributed by atoms with Gasteiger partial charge in [0.2, 0.25) is 5.75 Å². The van der Waals surface area contributed by atoms with Crippen LogP contribution in [0.3, 0.4) is 0 Å². The van der Waals surface area contributed by atoms with Crippen LogP contribution < -0.4 is 9.47 Å². The number of hydrogen-bond donors (Lipinski definition) is 2. The van der Waals surface area contributed by atoms with Crippen molar-refractivity contribution < 1.29 is 28.9 Å². The third-order valence-corrected chi connectivity index (χ3v) is 3.80. The van der Waals surface area contributed by atoms with Crippen molar-refractivity contribution in [3.05, 3.63) is 53.8 Å². The van der Waals surface area contributed by atoms with E-state index in [1.54, 1.807) is 24.3 Å². The summed E-state index contributed by atoms with van der Waals surface area (Å²) in [5, 5.41) is 20.8. The first-order valence-corrected chi connectivity index (χ1v) is 7.43. The molecule has 0 saturated heterocycles. The molecule has 3 aromatic rings. The van der Waals surface area contributed by atoms with Crippen molar-refractivity contribution in [2.75, 3.05) is 14.2 Å². The predicted octanol–water partition coefficient (Wildman–Crippen LogP) is 3.76. The molecule has 0 atom stereocenters. The minimum Gasteiger partial charge on any atom is -0.507 e. The van der Waals surface area contributed by atoms with Crippen LogP contribution in [0.1, 0.15) is 15.9 Å². The Morgan fingerprint density at radius 2 is 1.80 bits per heavy atom. The van der Waals surface area contributed by atoms with Crippen LogP contribution in [0.25, 0.3) is 17.0 Å². The molecule has 0 unspecified atom stereocenters. The van der Waals surface area contributed by atoms with Gasteiger partial charge in [0.15, 0.2) is 17.1 Å². The molecule has 0 saturated carbocycles. The van der Waals surface area contributed by atoms with E-state index < -0.39 is 5.78 Å². The minimum atomic E-state index is -0.501. The lowest BCUT2D eigenvalue weighted by Crippen LogP contribution is -2.02. The summed E-state index contributed by atoms with van der Waals surface area (Å²) in [6.07, 6.45) is 4.13. The number of benzene rings is 2. The average Bonchev–Trinajstić information content (AvgIpc) is 3.09. The van der Waals surface area contributed by atoms with Gasteiger partial charge in [0, 0.05) is 5.56 Å². The normalized spacial score (nSPS) is 11.1. The first kappa shape index (κ1) is 16.4. The lowest BCUT2D eigenvalue weighted by atomic mass is 10.0. The van der Waals surface area contributed by atoms with E-state index in [1.165, 1.54) is 38.7 Å². The van der Waals surface area contributed by atoms with Gasteiger partial charge in [-0.3, -0.25) is 4.79 Å². The fourth-order valence-corrected chi connectivity index (χ4v) is 2.63. The second-order valence-electron chi connectivity index (χ2n) is 5.21. The van der Waals surface area contributed by atoms with Crippen molar-refractivity contribution in [3.63, 3.8) is 0 Å². The fraction of sp³-hybridized carbons (Fsp3) is 0.105. The van der Waals surface area contributed by atoms with Crippen LogP contribution in [0.15, 0.2) is 47.1 Å². The molecule has 1 aromatic heterocycles. The molecule has 0 bridgehead atoms. The largest absolute Gasteiger partial charge is 0.507 e. The number of para-hydroxylation sites is 1. The highest BCUT2D eigenvalue weighted by Gasteiger charge is 2.26. The number of phenols is 2. The van der Waals surface area contributed by atoms with E-state index in [-0.39, 0.29) is 34.1 Å². The Kier molecular flexibility index (Phi) is 4.35. The van der Waals surface area contributed by atoms with Crippen LogP contribution in [-0.4, -0.2) is 30.2 Å². The maximum absolute atomic E-state index is 12.7. The Hall–Kier alpha value is -3.41. The van der Waals surface area contributed by atoms with Gasteiger partial charge in [-0.2, -0.15) is 0 Å². The van der Waals surface area contributed by atoms with Crippen molar-refractivity contribution in [1.82, 2.24) is 0 Å². The molecule has 25 heavy (non-hydrogen) atoms. The summed E-state index contributed by atoms with van der Waals surface area (Å²) in [7, 11) is 2.77. The summed E-state index contributed by atoms with van der Waals surface area (Å²) in [6, 6.07) is 8.22. The lowest BCUT2D eigenvalue weighted by molar-refractivity contribution is 0.104. The maximum Gasteiger partial charge on any atom is 0.205 e. The molecule has 0 aliphatic rings. The minimum absolute atomic E-state index is 0.0417. The number of carbonyl (C=O) groups excluding carboxylic acids is 1. The molecule has 6 heteroatoms. The van der Waals surface area contributed by atoms with Crippen molar-refractivity contribution in [2.24, 2.45) is 0 Å². The number of allylic oxidation sites excluding steroid dienone is 1. The quantitative estimate of drug-likeness (QED) is 0.543. The zero-order chi connectivity index (χ0) is 18.0. The molecule has 128 valence electrons. The van der Waals surface area contributed by atoms with Crippen LogP contribution in [0.4, 0.5) is 0 Å². The summed E-state index contributed by atoms with van der Waals surface area (Å²) in [6.45, 7) is 0. The first-order chi connectivity index (χ1) is 12.1. The second-order valence-corrected chi connectivity index (χ2v) is 5.21. The van der Waals surface area contributed by atoms with E-state index in [4.69, 9.17) is 13.9 Å². The highest BCUT2D eigenvalue weighted by atomic mass is 16.5. The summed E-state index contributed by atoms with van der Waals surface area (Å²) < 4.78 is 15.8. The Labute approximate surface area is 143 Å². The molecule has 0 aliphatic carbocycles. The van der Waals surface area contributed by atoms with E-state index >= 15 is 0 Å². The van der Waals surface area contributed by atoms with Crippen molar-refractivity contribution >= 4 is 22.8 Å². The van der Waals surface area contributed by atoms with Gasteiger partial charge >= 0.3 is 0 Å². The van der Waals surface area contributed by atoms with E-state index in [1.807, 2.05) is 0 Å². The van der Waals surface area contributed by atoms with Crippen molar-refractivity contribution in [2.45, 2.75) is 0 Å². The lowest BCUT2D eigenvalue weighted by Gasteiger charge is -2.13. The van der Waals surface area contributed by atoms with Gasteiger partial charge in [0.25, 0.3) is 0 Å². The van der Waals surface area contributed by atoms with Crippen LogP contribution in [0.5, 0.6) is 23.0 Å². The molecule has 0 radical (unpaired) electrons. The molecular formula is C19H16O6. The van der Waals surface area contributed by atoms with Gasteiger partial charge in [-0.25, -0.2) is 0 Å². The van der Waals surface area contributed by atoms with Gasteiger partial charge < -0.3 is 24.1 Å². The number of rotatable bonds is 5. The van der Waals surface area contributed by atoms with Crippen LogP contribution in [-0.2, 0) is 0 Å². The van der Waals surface area contributed by atoms with Gasteiger partial charge in [0.1, 0.15) is 17.1 Å². The molecule has 0 amide bonds. The molecule has 2 aromatic carbocycles. The molecule has 0 fully saturated rings. The fourth-order valence-electron chi connectivity index (χ4n) is 2.63. The van der Waals surface area contributed by atoms with Gasteiger partial charge in [-0.1, -0.05) is 18.2 Å². The van der Waals surface area contributed by atoms with E-state index in [9.17, 15) is 15.0 Å². The Balaban J connectivity index is 2.12. The Morgan fingerprint density at radius 3 is 2.48 bits per heavy atom. The molecule has 3 rings (SSSR count). The monoisotopic (exact) mass is 340 g/mol. The highest BCUT2D eigenvalue weighted by Crippen LogP contribution is 2.45. The zero-order valence-electron chi connectivity index (χ0n) is 13.6.